The molecule has 1 amide bonds. The summed E-state index contributed by atoms with van der Waals surface area (Å²) >= 11 is 11.3. The maximum atomic E-state index is 11.6. The number of hydrogen-bond acceptors (Lipinski definition) is 4. The lowest BCUT2D eigenvalue weighted by Crippen LogP contribution is -2.43. The first-order valence-electron chi connectivity index (χ1n) is 4.41. The largest absolute Gasteiger partial charge is 0.480 e. The number of halogens is 2. The summed E-state index contributed by atoms with van der Waals surface area (Å²) < 4.78 is 0. The lowest BCUT2D eigenvalue weighted by molar-refractivity contribution is -0.140. The van der Waals surface area contributed by atoms with Gasteiger partial charge in [-0.15, -0.1) is 0 Å². The minimum Gasteiger partial charge on any atom is -0.480 e. The Morgan fingerprint density at radius 3 is 2.65 bits per heavy atom. The zero-order valence-electron chi connectivity index (χ0n) is 8.35. The molecule has 17 heavy (non-hydrogen) atoms. The van der Waals surface area contributed by atoms with Crippen LogP contribution in [0.3, 0.4) is 0 Å². The van der Waals surface area contributed by atoms with Gasteiger partial charge in [0.05, 0.1) is 17.2 Å². The zero-order valence-corrected chi connectivity index (χ0v) is 9.87. The van der Waals surface area contributed by atoms with Gasteiger partial charge < -0.3 is 15.5 Å². The first kappa shape index (κ1) is 13.7. The van der Waals surface area contributed by atoms with E-state index in [0.717, 1.165) is 0 Å². The highest BCUT2D eigenvalue weighted by atomic mass is 35.5. The number of rotatable bonds is 4. The van der Waals surface area contributed by atoms with Gasteiger partial charge in [-0.1, -0.05) is 23.2 Å². The molecule has 8 heteroatoms. The number of carbonyl (C=O) groups is 2. The molecule has 0 aliphatic carbocycles. The van der Waals surface area contributed by atoms with Gasteiger partial charge in [-0.2, -0.15) is 0 Å². The molecule has 0 bridgehead atoms. The van der Waals surface area contributed by atoms with Gasteiger partial charge in [-0.25, -0.2) is 9.78 Å². The molecule has 0 unspecified atom stereocenters. The summed E-state index contributed by atoms with van der Waals surface area (Å²) in [7, 11) is 0. The van der Waals surface area contributed by atoms with Gasteiger partial charge in [-0.3, -0.25) is 4.79 Å². The van der Waals surface area contributed by atoms with Crippen LogP contribution < -0.4 is 5.32 Å². The third-order valence-electron chi connectivity index (χ3n) is 1.85. The summed E-state index contributed by atoms with van der Waals surface area (Å²) in [4.78, 5) is 25.9. The number of nitrogens with one attached hydrogen (secondary N) is 1. The fourth-order valence-corrected chi connectivity index (χ4v) is 1.36. The Morgan fingerprint density at radius 2 is 2.12 bits per heavy atom. The van der Waals surface area contributed by atoms with E-state index in [1.54, 1.807) is 0 Å². The topological polar surface area (TPSA) is 99.5 Å². The summed E-state index contributed by atoms with van der Waals surface area (Å²) in [6.45, 7) is -0.725. The van der Waals surface area contributed by atoms with E-state index in [2.05, 4.69) is 10.3 Å². The number of nitrogens with zero attached hydrogens (tertiary/aromatic N) is 1. The number of hydrogen-bond donors (Lipinski definition) is 3. The standard InChI is InChI=1S/C9H8Cl2N2O4/c10-5-2-12-7(11)1-4(5)8(15)13-6(3-14)9(16)17/h1-2,6,14H,3H2,(H,13,15)(H,16,17)/t6-/m1/s1. The van der Waals surface area contributed by atoms with Crippen molar-refractivity contribution in [3.63, 3.8) is 0 Å². The molecule has 1 heterocycles. The first-order valence-corrected chi connectivity index (χ1v) is 5.17. The molecule has 92 valence electrons. The molecule has 1 aromatic rings. The Labute approximate surface area is 106 Å². The second kappa shape index (κ2) is 5.81. The molecule has 3 N–H and O–H groups in total. The van der Waals surface area contributed by atoms with Crippen molar-refractivity contribution in [3.8, 4) is 0 Å². The summed E-state index contributed by atoms with van der Waals surface area (Å²) in [5.41, 5.74) is -0.00799. The third kappa shape index (κ3) is 3.55. The molecule has 0 radical (unpaired) electrons. The molecule has 0 saturated heterocycles. The number of aromatic nitrogens is 1. The maximum Gasteiger partial charge on any atom is 0.328 e. The van der Waals surface area contributed by atoms with Crippen LogP contribution >= 0.6 is 23.2 Å². The second-order valence-electron chi connectivity index (χ2n) is 3.03. The lowest BCUT2D eigenvalue weighted by atomic mass is 10.2. The van der Waals surface area contributed by atoms with Crippen LogP contribution in [-0.2, 0) is 4.79 Å². The maximum absolute atomic E-state index is 11.6. The van der Waals surface area contributed by atoms with E-state index in [1.807, 2.05) is 0 Å². The fourth-order valence-electron chi connectivity index (χ4n) is 1.01. The normalized spacial score (nSPS) is 11.9. The number of carbonyl (C=O) groups excluding carboxylic acids is 1. The Kier molecular flexibility index (Phi) is 4.68. The van der Waals surface area contributed by atoms with E-state index in [1.165, 1.54) is 12.3 Å². The van der Waals surface area contributed by atoms with E-state index in [9.17, 15) is 9.59 Å². The van der Waals surface area contributed by atoms with Crippen molar-refractivity contribution in [1.29, 1.82) is 0 Å². The predicted octanol–water partition coefficient (Wildman–Crippen LogP) is 0.564. The smallest absolute Gasteiger partial charge is 0.328 e. The van der Waals surface area contributed by atoms with Crippen LogP contribution in [0, 0.1) is 0 Å². The van der Waals surface area contributed by atoms with Crippen molar-refractivity contribution in [2.45, 2.75) is 6.04 Å². The van der Waals surface area contributed by atoms with Gasteiger partial charge >= 0.3 is 5.97 Å². The molecule has 0 aliphatic heterocycles. The lowest BCUT2D eigenvalue weighted by Gasteiger charge is -2.12. The number of carboxylic acid groups (broad SMARTS) is 1. The Hall–Kier alpha value is -1.37. The molecular formula is C9H8Cl2N2O4. The molecule has 1 rings (SSSR count). The predicted molar refractivity (Wildman–Crippen MR) is 60.2 cm³/mol. The van der Waals surface area contributed by atoms with E-state index < -0.39 is 24.5 Å². The number of carboxylic acids is 1. The first-order chi connectivity index (χ1) is 7.95. The van der Waals surface area contributed by atoms with Gasteiger partial charge in [0.15, 0.2) is 6.04 Å². The number of aliphatic hydroxyl groups excluding tert-OH is 1. The van der Waals surface area contributed by atoms with Crippen molar-refractivity contribution in [2.24, 2.45) is 0 Å². The van der Waals surface area contributed by atoms with Crippen molar-refractivity contribution in [1.82, 2.24) is 10.3 Å². The minimum atomic E-state index is -1.40. The van der Waals surface area contributed by atoms with Crippen LogP contribution in [0.2, 0.25) is 10.2 Å². The van der Waals surface area contributed by atoms with Crippen LogP contribution in [0.1, 0.15) is 10.4 Å². The second-order valence-corrected chi connectivity index (χ2v) is 3.83. The van der Waals surface area contributed by atoms with E-state index >= 15 is 0 Å². The van der Waals surface area contributed by atoms with Crippen molar-refractivity contribution < 1.29 is 19.8 Å². The Bertz CT molecular complexity index is 453. The quantitative estimate of drug-likeness (QED) is 0.699. The molecular weight excluding hydrogens is 271 g/mol. The Morgan fingerprint density at radius 1 is 1.47 bits per heavy atom. The average molecular weight is 279 g/mol. The van der Waals surface area contributed by atoms with Gasteiger partial charge in [0.2, 0.25) is 0 Å². The molecule has 0 fully saturated rings. The van der Waals surface area contributed by atoms with E-state index in [-0.39, 0.29) is 15.7 Å². The van der Waals surface area contributed by atoms with Gasteiger partial charge in [0, 0.05) is 6.20 Å². The van der Waals surface area contributed by atoms with Crippen LogP contribution in [0.5, 0.6) is 0 Å². The SMILES string of the molecule is O=C(N[C@H](CO)C(=O)O)c1cc(Cl)ncc1Cl. The molecule has 0 aliphatic rings. The highest BCUT2D eigenvalue weighted by Crippen LogP contribution is 2.17. The molecule has 1 aromatic heterocycles. The van der Waals surface area contributed by atoms with Gasteiger partial charge in [0.25, 0.3) is 5.91 Å². The fraction of sp³-hybridized carbons (Fsp3) is 0.222. The van der Waals surface area contributed by atoms with Gasteiger partial charge in [-0.05, 0) is 6.07 Å². The Balaban J connectivity index is 2.89. The number of pyridine rings is 1. The molecule has 0 aromatic carbocycles. The summed E-state index contributed by atoms with van der Waals surface area (Å²) in [5.74, 6) is -2.10. The van der Waals surface area contributed by atoms with Crippen LogP contribution in [0.25, 0.3) is 0 Å². The van der Waals surface area contributed by atoms with E-state index in [0.29, 0.717) is 0 Å². The van der Waals surface area contributed by atoms with Crippen molar-refractivity contribution in [3.05, 3.63) is 28.0 Å². The van der Waals surface area contributed by atoms with Gasteiger partial charge in [0.1, 0.15) is 5.15 Å². The molecule has 0 spiro atoms. The summed E-state index contributed by atoms with van der Waals surface area (Å²) in [5, 5.41) is 19.6. The van der Waals surface area contributed by atoms with Crippen molar-refractivity contribution in [2.75, 3.05) is 6.61 Å². The molecule has 0 saturated carbocycles. The third-order valence-corrected chi connectivity index (χ3v) is 2.36. The minimum absolute atomic E-state index is 0.00799. The highest BCUT2D eigenvalue weighted by Gasteiger charge is 2.21. The molecule has 1 atom stereocenters. The number of amides is 1. The van der Waals surface area contributed by atoms with Crippen LogP contribution in [0.15, 0.2) is 12.3 Å². The highest BCUT2D eigenvalue weighted by molar-refractivity contribution is 6.35. The number of aliphatic hydroxyl groups is 1. The van der Waals surface area contributed by atoms with Crippen LogP contribution in [0.4, 0.5) is 0 Å². The van der Waals surface area contributed by atoms with E-state index in [4.69, 9.17) is 33.4 Å². The molecule has 6 nitrogen and oxygen atoms in total. The monoisotopic (exact) mass is 278 g/mol. The van der Waals surface area contributed by atoms with Crippen molar-refractivity contribution >= 4 is 35.1 Å². The summed E-state index contributed by atoms with van der Waals surface area (Å²) in [6.07, 6.45) is 1.17. The zero-order chi connectivity index (χ0) is 13.0. The van der Waals surface area contributed by atoms with Crippen LogP contribution in [-0.4, -0.2) is 39.7 Å². The summed E-state index contributed by atoms with van der Waals surface area (Å²) in [6, 6.07) is -0.194. The number of aliphatic carboxylic acids is 1. The average Bonchev–Trinajstić information content (AvgIpc) is 2.28.